The van der Waals surface area contributed by atoms with Gasteiger partial charge in [0, 0.05) is 18.7 Å². The standard InChI is InChI=1S/C28H37N3O4/c1-22-10-11-26-25(19-22)20-29(2)14-12-24(23-7-4-3-5-8-23)9-6-13-30(15-17-34-26)27(32)21-31-16-18-35-28(31)33/h3-5,7-8,10-11,19,24H,6,9,12-18,20-21H2,1-2H3. The number of amides is 2. The first-order valence-corrected chi connectivity index (χ1v) is 12.6. The van der Waals surface area contributed by atoms with E-state index >= 15 is 0 Å². The Hall–Kier alpha value is -3.06. The van der Waals surface area contributed by atoms with E-state index in [-0.39, 0.29) is 12.5 Å². The van der Waals surface area contributed by atoms with Gasteiger partial charge in [-0.15, -0.1) is 0 Å². The summed E-state index contributed by atoms with van der Waals surface area (Å²) < 4.78 is 11.2. The molecule has 2 aromatic carbocycles. The van der Waals surface area contributed by atoms with Crippen LogP contribution in [0, 0.1) is 6.92 Å². The molecule has 2 heterocycles. The first-order valence-electron chi connectivity index (χ1n) is 12.6. The normalized spacial score (nSPS) is 20.5. The lowest BCUT2D eigenvalue weighted by molar-refractivity contribution is -0.132. The molecule has 1 atom stereocenters. The fourth-order valence-electron chi connectivity index (χ4n) is 4.91. The van der Waals surface area contributed by atoms with Crippen molar-refractivity contribution in [3.05, 3.63) is 65.2 Å². The van der Waals surface area contributed by atoms with Gasteiger partial charge in [0.15, 0.2) is 0 Å². The van der Waals surface area contributed by atoms with Gasteiger partial charge in [-0.3, -0.25) is 9.69 Å². The molecule has 2 aromatic rings. The van der Waals surface area contributed by atoms with E-state index in [0.29, 0.717) is 38.8 Å². The molecule has 4 rings (SSSR count). The van der Waals surface area contributed by atoms with Gasteiger partial charge in [0.1, 0.15) is 25.5 Å². The van der Waals surface area contributed by atoms with Crippen LogP contribution in [-0.4, -0.2) is 79.7 Å². The van der Waals surface area contributed by atoms with Crippen LogP contribution in [0.2, 0.25) is 0 Å². The number of carbonyl (C=O) groups is 2. The molecule has 1 fully saturated rings. The van der Waals surface area contributed by atoms with Crippen molar-refractivity contribution < 1.29 is 19.1 Å². The lowest BCUT2D eigenvalue weighted by Crippen LogP contribution is -2.43. The van der Waals surface area contributed by atoms with Crippen molar-refractivity contribution in [3.8, 4) is 5.75 Å². The minimum atomic E-state index is -0.408. The number of benzene rings is 2. The highest BCUT2D eigenvalue weighted by atomic mass is 16.6. The topological polar surface area (TPSA) is 62.3 Å². The first-order chi connectivity index (χ1) is 17.0. The molecular formula is C28H37N3O4. The Morgan fingerprint density at radius 2 is 1.77 bits per heavy atom. The Balaban J connectivity index is 1.52. The number of nitrogens with zero attached hydrogens (tertiary/aromatic N) is 3. The molecule has 0 N–H and O–H groups in total. The molecule has 0 spiro atoms. The van der Waals surface area contributed by atoms with E-state index in [2.05, 4.69) is 61.3 Å². The smallest absolute Gasteiger partial charge is 0.410 e. The molecule has 7 heteroatoms. The van der Waals surface area contributed by atoms with Crippen LogP contribution in [0.1, 0.15) is 41.9 Å². The second-order valence-electron chi connectivity index (χ2n) is 9.65. The summed E-state index contributed by atoms with van der Waals surface area (Å²) in [5.74, 6) is 1.25. The molecular weight excluding hydrogens is 442 g/mol. The van der Waals surface area contributed by atoms with Gasteiger partial charge in [-0.2, -0.15) is 0 Å². The van der Waals surface area contributed by atoms with Crippen LogP contribution >= 0.6 is 0 Å². The van der Waals surface area contributed by atoms with Crippen LogP contribution < -0.4 is 4.74 Å². The van der Waals surface area contributed by atoms with Crippen LogP contribution in [0.3, 0.4) is 0 Å². The van der Waals surface area contributed by atoms with Crippen LogP contribution in [0.25, 0.3) is 0 Å². The van der Waals surface area contributed by atoms with E-state index in [1.54, 1.807) is 0 Å². The number of carbonyl (C=O) groups excluding carboxylic acids is 2. The third kappa shape index (κ3) is 6.98. The van der Waals surface area contributed by atoms with Gasteiger partial charge in [-0.25, -0.2) is 4.79 Å². The minimum Gasteiger partial charge on any atom is -0.491 e. The molecule has 0 saturated carbocycles. The van der Waals surface area contributed by atoms with Gasteiger partial charge in [0.25, 0.3) is 0 Å². The molecule has 7 nitrogen and oxygen atoms in total. The molecule has 188 valence electrons. The fraction of sp³-hybridized carbons (Fsp3) is 0.500. The van der Waals surface area contributed by atoms with E-state index in [1.165, 1.54) is 21.6 Å². The predicted molar refractivity (Wildman–Crippen MR) is 136 cm³/mol. The average molecular weight is 480 g/mol. The maximum Gasteiger partial charge on any atom is 0.410 e. The molecule has 2 amide bonds. The summed E-state index contributed by atoms with van der Waals surface area (Å²) in [6.07, 6.45) is 2.55. The summed E-state index contributed by atoms with van der Waals surface area (Å²) in [4.78, 5) is 30.7. The van der Waals surface area contributed by atoms with Gasteiger partial charge in [-0.1, -0.05) is 48.0 Å². The summed E-state index contributed by atoms with van der Waals surface area (Å²) in [5.41, 5.74) is 3.72. The van der Waals surface area contributed by atoms with E-state index < -0.39 is 6.09 Å². The number of hydrogen-bond acceptors (Lipinski definition) is 5. The van der Waals surface area contributed by atoms with Gasteiger partial charge in [-0.05, 0) is 57.3 Å². The number of fused-ring (bicyclic) bond motifs is 1. The van der Waals surface area contributed by atoms with Crippen molar-refractivity contribution in [1.29, 1.82) is 0 Å². The van der Waals surface area contributed by atoms with E-state index in [1.807, 2.05) is 11.0 Å². The van der Waals surface area contributed by atoms with Crippen LogP contribution in [0.4, 0.5) is 4.79 Å². The average Bonchev–Trinajstić information content (AvgIpc) is 3.25. The lowest BCUT2D eigenvalue weighted by atomic mass is 9.91. The second kappa shape index (κ2) is 12.1. The van der Waals surface area contributed by atoms with Crippen molar-refractivity contribution in [2.75, 3.05) is 53.0 Å². The molecule has 1 unspecified atom stereocenters. The maximum atomic E-state index is 13.1. The highest BCUT2D eigenvalue weighted by Crippen LogP contribution is 2.27. The molecule has 0 radical (unpaired) electrons. The van der Waals surface area contributed by atoms with Crippen LogP contribution in [0.5, 0.6) is 5.75 Å². The van der Waals surface area contributed by atoms with Gasteiger partial charge < -0.3 is 19.3 Å². The van der Waals surface area contributed by atoms with Crippen LogP contribution in [-0.2, 0) is 16.1 Å². The highest BCUT2D eigenvalue weighted by molar-refractivity contribution is 5.82. The Kier molecular flexibility index (Phi) is 8.64. The molecule has 0 aliphatic carbocycles. The summed E-state index contributed by atoms with van der Waals surface area (Å²) in [6, 6.07) is 17.0. The number of hydrogen-bond donors (Lipinski definition) is 0. The highest BCUT2D eigenvalue weighted by Gasteiger charge is 2.27. The Morgan fingerprint density at radius 3 is 2.54 bits per heavy atom. The lowest BCUT2D eigenvalue weighted by Gasteiger charge is -2.28. The number of aryl methyl sites for hydroxylation is 1. The number of ether oxygens (including phenoxy) is 2. The van der Waals surface area contributed by atoms with Crippen molar-refractivity contribution in [3.63, 3.8) is 0 Å². The van der Waals surface area contributed by atoms with Gasteiger partial charge in [0.05, 0.1) is 13.1 Å². The molecule has 35 heavy (non-hydrogen) atoms. The predicted octanol–water partition coefficient (Wildman–Crippen LogP) is 4.05. The molecule has 0 bridgehead atoms. The first kappa shape index (κ1) is 25.0. The third-order valence-electron chi connectivity index (χ3n) is 6.91. The molecule has 2 aliphatic rings. The van der Waals surface area contributed by atoms with Gasteiger partial charge in [0.2, 0.25) is 5.91 Å². The molecule has 0 aromatic heterocycles. The van der Waals surface area contributed by atoms with Gasteiger partial charge >= 0.3 is 6.09 Å². The SMILES string of the molecule is Cc1ccc2c(c1)CN(C)CCC(c1ccccc1)CCCN(C(=O)CN1CCOC1=O)CCO2. The van der Waals surface area contributed by atoms with Crippen molar-refractivity contribution in [1.82, 2.24) is 14.7 Å². The number of rotatable bonds is 3. The molecule has 2 aliphatic heterocycles. The quantitative estimate of drug-likeness (QED) is 0.665. The van der Waals surface area contributed by atoms with E-state index in [9.17, 15) is 9.59 Å². The zero-order valence-corrected chi connectivity index (χ0v) is 20.9. The zero-order valence-electron chi connectivity index (χ0n) is 20.9. The summed E-state index contributed by atoms with van der Waals surface area (Å²) in [6.45, 7) is 6.31. The molecule has 1 saturated heterocycles. The Labute approximate surface area is 208 Å². The summed E-state index contributed by atoms with van der Waals surface area (Å²) >= 11 is 0. The largest absolute Gasteiger partial charge is 0.491 e. The van der Waals surface area contributed by atoms with Crippen molar-refractivity contribution >= 4 is 12.0 Å². The van der Waals surface area contributed by atoms with Crippen molar-refractivity contribution in [2.24, 2.45) is 0 Å². The third-order valence-corrected chi connectivity index (χ3v) is 6.91. The Bertz CT molecular complexity index is 997. The van der Waals surface area contributed by atoms with Crippen molar-refractivity contribution in [2.45, 2.75) is 38.6 Å². The zero-order chi connectivity index (χ0) is 24.6. The van der Waals surface area contributed by atoms with E-state index in [0.717, 1.165) is 38.1 Å². The maximum absolute atomic E-state index is 13.1. The summed E-state index contributed by atoms with van der Waals surface area (Å²) in [7, 11) is 2.17. The second-order valence-corrected chi connectivity index (χ2v) is 9.65. The monoisotopic (exact) mass is 479 g/mol. The Morgan fingerprint density at radius 1 is 0.971 bits per heavy atom. The van der Waals surface area contributed by atoms with E-state index in [4.69, 9.17) is 9.47 Å². The minimum absolute atomic E-state index is 0.0559. The number of cyclic esters (lactones) is 1. The fourth-order valence-corrected chi connectivity index (χ4v) is 4.91. The summed E-state index contributed by atoms with van der Waals surface area (Å²) in [5, 5.41) is 0. The van der Waals surface area contributed by atoms with Crippen LogP contribution in [0.15, 0.2) is 48.5 Å².